The minimum absolute atomic E-state index is 0.00669. The number of amides is 1. The molecule has 2 aromatic rings. The molecule has 0 aromatic carbocycles. The van der Waals surface area contributed by atoms with Crippen molar-refractivity contribution in [3.05, 3.63) is 46.4 Å². The molecule has 2 aromatic heterocycles. The number of ether oxygens (including phenoxy) is 1. The maximum atomic E-state index is 14.5. The van der Waals surface area contributed by atoms with Gasteiger partial charge in [-0.05, 0) is 37.3 Å². The van der Waals surface area contributed by atoms with Crippen LogP contribution in [0.4, 0.5) is 14.6 Å². The van der Waals surface area contributed by atoms with Crippen molar-refractivity contribution in [2.45, 2.75) is 44.1 Å². The van der Waals surface area contributed by atoms with Gasteiger partial charge >= 0.3 is 0 Å². The summed E-state index contributed by atoms with van der Waals surface area (Å²) in [6, 6.07) is 5.25. The number of alkyl halides is 2. The van der Waals surface area contributed by atoms with E-state index in [1.807, 2.05) is 0 Å². The van der Waals surface area contributed by atoms with Crippen molar-refractivity contribution in [1.82, 2.24) is 20.1 Å². The van der Waals surface area contributed by atoms with Crippen molar-refractivity contribution in [3.8, 4) is 5.88 Å². The van der Waals surface area contributed by atoms with E-state index in [1.165, 1.54) is 31.2 Å². The average Bonchev–Trinajstić information content (AvgIpc) is 3.58. The van der Waals surface area contributed by atoms with Crippen LogP contribution in [0.15, 0.2) is 35.3 Å². The molecule has 2 fully saturated rings. The second kappa shape index (κ2) is 8.70. The molecule has 1 saturated heterocycles. The van der Waals surface area contributed by atoms with Crippen LogP contribution < -0.4 is 15.6 Å². The number of nitrogens with zero attached hydrogens (tertiary/aromatic N) is 3. The molecule has 4 rings (SSSR count). The molecule has 0 radical (unpaired) electrons. The molecule has 3 heterocycles. The van der Waals surface area contributed by atoms with Gasteiger partial charge < -0.3 is 15.0 Å². The summed E-state index contributed by atoms with van der Waals surface area (Å²) in [5.74, 6) is -3.12. The fourth-order valence-electron chi connectivity index (χ4n) is 3.61. The van der Waals surface area contributed by atoms with E-state index in [0.717, 1.165) is 0 Å². The Kier molecular flexibility index (Phi) is 5.99. The zero-order chi connectivity index (χ0) is 22.0. The van der Waals surface area contributed by atoms with Crippen LogP contribution in [0.2, 0.25) is 0 Å². The molecule has 1 amide bonds. The first-order valence-corrected chi connectivity index (χ1v) is 10.4. The highest BCUT2D eigenvalue weighted by Crippen LogP contribution is 2.40. The number of likely N-dealkylation sites (tertiary alicyclic amines) is 1. The van der Waals surface area contributed by atoms with Crippen LogP contribution >= 0.6 is 0 Å². The number of carbonyl (C=O) groups is 1. The Labute approximate surface area is 178 Å². The van der Waals surface area contributed by atoms with Gasteiger partial charge in [0.2, 0.25) is 17.3 Å². The molecule has 2 N–H and O–H groups in total. The summed E-state index contributed by atoms with van der Waals surface area (Å²) in [5.41, 5.74) is -0.00731. The Balaban J connectivity index is 1.37. The van der Waals surface area contributed by atoms with Crippen molar-refractivity contribution < 1.29 is 18.3 Å². The third-order valence-corrected chi connectivity index (χ3v) is 5.85. The number of piperidine rings is 1. The van der Waals surface area contributed by atoms with E-state index < -0.39 is 17.9 Å². The van der Waals surface area contributed by atoms with Gasteiger partial charge in [0, 0.05) is 37.8 Å². The van der Waals surface area contributed by atoms with Crippen molar-refractivity contribution in [1.29, 1.82) is 0 Å². The molecule has 10 heteroatoms. The van der Waals surface area contributed by atoms with Crippen molar-refractivity contribution >= 4 is 11.7 Å². The van der Waals surface area contributed by atoms with E-state index in [2.05, 4.69) is 20.5 Å². The fraction of sp³-hybridized carbons (Fsp3) is 0.524. The van der Waals surface area contributed by atoms with Crippen LogP contribution in [0.1, 0.15) is 37.7 Å². The lowest BCUT2D eigenvalue weighted by molar-refractivity contribution is -0.125. The molecule has 1 aliphatic carbocycles. The van der Waals surface area contributed by atoms with Gasteiger partial charge in [-0.1, -0.05) is 6.07 Å². The summed E-state index contributed by atoms with van der Waals surface area (Å²) in [6.45, 7) is 2.37. The van der Waals surface area contributed by atoms with E-state index in [1.54, 1.807) is 24.0 Å². The largest absolute Gasteiger partial charge is 0.476 e. The standard InChI is InChI=1S/C21H25F2N5O3/c1-13(20(30)25-17-5-7-19(27-26-17)31-12-14-2-3-14)28-9-8-21(22,23)16(11-28)15-4-6-18(29)24-10-15/h4-7,10,13-14,16H,2-3,8-9,11-12H2,1H3,(H,24,29)(H,25,26,30)/t13?,16-/m1/s1. The summed E-state index contributed by atoms with van der Waals surface area (Å²) >= 11 is 0. The topological polar surface area (TPSA) is 100 Å². The Morgan fingerprint density at radius 2 is 2.13 bits per heavy atom. The molecule has 31 heavy (non-hydrogen) atoms. The van der Waals surface area contributed by atoms with Gasteiger partial charge in [0.1, 0.15) is 0 Å². The van der Waals surface area contributed by atoms with Crippen LogP contribution in [0.5, 0.6) is 5.88 Å². The minimum atomic E-state index is -2.92. The number of aromatic nitrogens is 3. The third kappa shape index (κ3) is 5.25. The summed E-state index contributed by atoms with van der Waals surface area (Å²) in [5, 5.41) is 10.6. The maximum absolute atomic E-state index is 14.5. The summed E-state index contributed by atoms with van der Waals surface area (Å²) in [7, 11) is 0. The number of anilines is 1. The monoisotopic (exact) mass is 433 g/mol. The van der Waals surface area contributed by atoms with Crippen molar-refractivity contribution in [2.24, 2.45) is 5.92 Å². The summed E-state index contributed by atoms with van der Waals surface area (Å²) < 4.78 is 34.6. The van der Waals surface area contributed by atoms with Gasteiger partial charge in [0.05, 0.1) is 18.6 Å². The highest BCUT2D eigenvalue weighted by molar-refractivity contribution is 5.93. The van der Waals surface area contributed by atoms with E-state index in [4.69, 9.17) is 4.74 Å². The van der Waals surface area contributed by atoms with E-state index in [9.17, 15) is 18.4 Å². The molecule has 1 aliphatic heterocycles. The van der Waals surface area contributed by atoms with Gasteiger partial charge in [-0.25, -0.2) is 8.78 Å². The highest BCUT2D eigenvalue weighted by Gasteiger charge is 2.46. The van der Waals surface area contributed by atoms with Gasteiger partial charge in [-0.2, -0.15) is 0 Å². The number of aromatic amines is 1. The first-order valence-electron chi connectivity index (χ1n) is 10.4. The molecule has 8 nitrogen and oxygen atoms in total. The van der Waals surface area contributed by atoms with Crippen LogP contribution in [-0.4, -0.2) is 57.6 Å². The molecule has 0 spiro atoms. The molecule has 2 aliphatic rings. The lowest BCUT2D eigenvalue weighted by atomic mass is 9.87. The average molecular weight is 433 g/mol. The van der Waals surface area contributed by atoms with E-state index in [0.29, 0.717) is 24.0 Å². The smallest absolute Gasteiger partial charge is 0.257 e. The molecule has 166 valence electrons. The highest BCUT2D eigenvalue weighted by atomic mass is 19.3. The second-order valence-corrected chi connectivity index (χ2v) is 8.22. The molecular formula is C21H25F2N5O3. The number of hydrogen-bond acceptors (Lipinski definition) is 6. The predicted octanol–water partition coefficient (Wildman–Crippen LogP) is 2.41. The van der Waals surface area contributed by atoms with Crippen LogP contribution in [0.25, 0.3) is 0 Å². The summed E-state index contributed by atoms with van der Waals surface area (Å²) in [6.07, 6.45) is 3.29. The number of hydrogen-bond donors (Lipinski definition) is 2. The number of carbonyl (C=O) groups excluding carboxylic acids is 1. The van der Waals surface area contributed by atoms with Crippen LogP contribution in [-0.2, 0) is 4.79 Å². The first kappa shape index (κ1) is 21.4. The molecular weight excluding hydrogens is 408 g/mol. The fourth-order valence-corrected chi connectivity index (χ4v) is 3.61. The number of nitrogens with one attached hydrogen (secondary N) is 2. The van der Waals surface area contributed by atoms with E-state index >= 15 is 0 Å². The van der Waals surface area contributed by atoms with Crippen LogP contribution in [0.3, 0.4) is 0 Å². The zero-order valence-corrected chi connectivity index (χ0v) is 17.2. The predicted molar refractivity (Wildman–Crippen MR) is 109 cm³/mol. The van der Waals surface area contributed by atoms with Gasteiger partial charge in [0.25, 0.3) is 5.92 Å². The number of halogens is 2. The lowest BCUT2D eigenvalue weighted by Gasteiger charge is -2.40. The Hall–Kier alpha value is -2.88. The number of pyridine rings is 1. The minimum Gasteiger partial charge on any atom is -0.476 e. The molecule has 2 atom stereocenters. The third-order valence-electron chi connectivity index (χ3n) is 5.85. The molecule has 1 saturated carbocycles. The summed E-state index contributed by atoms with van der Waals surface area (Å²) in [4.78, 5) is 28.1. The normalized spacial score (nSPS) is 22.0. The Morgan fingerprint density at radius 1 is 1.32 bits per heavy atom. The zero-order valence-electron chi connectivity index (χ0n) is 17.2. The SMILES string of the molecule is CC(C(=O)Nc1ccc(OCC2CC2)nn1)N1CCC(F)(F)[C@@H](c2ccc(=O)[nH]c2)C1. The lowest BCUT2D eigenvalue weighted by Crippen LogP contribution is -2.52. The van der Waals surface area contributed by atoms with Gasteiger partial charge in [-0.3, -0.25) is 14.5 Å². The van der Waals surface area contributed by atoms with Gasteiger partial charge in [-0.15, -0.1) is 10.2 Å². The number of H-pyrrole nitrogens is 1. The number of rotatable bonds is 7. The second-order valence-electron chi connectivity index (χ2n) is 8.22. The van der Waals surface area contributed by atoms with Crippen LogP contribution in [0, 0.1) is 5.92 Å². The van der Waals surface area contributed by atoms with E-state index in [-0.39, 0.29) is 36.8 Å². The molecule has 0 bridgehead atoms. The van der Waals surface area contributed by atoms with Gasteiger partial charge in [0.15, 0.2) is 5.82 Å². The Morgan fingerprint density at radius 3 is 2.77 bits per heavy atom. The molecule has 1 unspecified atom stereocenters. The quantitative estimate of drug-likeness (QED) is 0.696. The maximum Gasteiger partial charge on any atom is 0.257 e. The van der Waals surface area contributed by atoms with Crippen molar-refractivity contribution in [3.63, 3.8) is 0 Å². The van der Waals surface area contributed by atoms with Crippen molar-refractivity contribution in [2.75, 3.05) is 25.0 Å². The Bertz CT molecular complexity index is 957. The first-order chi connectivity index (χ1) is 14.8.